The number of aryl methyl sites for hydroxylation is 1. The van der Waals surface area contributed by atoms with Crippen LogP contribution in [0.15, 0.2) is 48.5 Å². The smallest absolute Gasteiger partial charge is 0.244 e. The van der Waals surface area contributed by atoms with Gasteiger partial charge >= 0.3 is 0 Å². The molecule has 0 fully saturated rings. The second-order valence-corrected chi connectivity index (χ2v) is 5.58. The molecule has 1 N–H and O–H groups in total. The number of hydrogen-bond donors (Lipinski definition) is 1. The van der Waals surface area contributed by atoms with Crippen molar-refractivity contribution in [3.8, 4) is 11.5 Å². The summed E-state index contributed by atoms with van der Waals surface area (Å²) in [6.45, 7) is 3.94. The van der Waals surface area contributed by atoms with Gasteiger partial charge in [0.25, 0.3) is 0 Å². The summed E-state index contributed by atoms with van der Waals surface area (Å²) >= 11 is 0. The Hall–Kier alpha value is -2.75. The van der Waals surface area contributed by atoms with Crippen molar-refractivity contribution >= 4 is 12.0 Å². The highest BCUT2D eigenvalue weighted by Crippen LogP contribution is 2.29. The van der Waals surface area contributed by atoms with E-state index in [0.29, 0.717) is 5.75 Å². The average molecular weight is 325 g/mol. The predicted molar refractivity (Wildman–Crippen MR) is 96.3 cm³/mol. The van der Waals surface area contributed by atoms with Crippen LogP contribution < -0.4 is 14.8 Å². The topological polar surface area (TPSA) is 47.6 Å². The van der Waals surface area contributed by atoms with Crippen LogP contribution in [-0.2, 0) is 4.79 Å². The Kier molecular flexibility index (Phi) is 6.01. The number of methoxy groups -OCH3 is 2. The molecule has 2 rings (SSSR count). The molecule has 0 heterocycles. The second-order valence-electron chi connectivity index (χ2n) is 5.58. The van der Waals surface area contributed by atoms with Crippen molar-refractivity contribution in [1.82, 2.24) is 5.32 Å². The molecule has 0 aliphatic carbocycles. The van der Waals surface area contributed by atoms with Gasteiger partial charge in [0, 0.05) is 11.6 Å². The van der Waals surface area contributed by atoms with Gasteiger partial charge in [0.05, 0.1) is 20.3 Å². The van der Waals surface area contributed by atoms with Gasteiger partial charge in [-0.15, -0.1) is 0 Å². The van der Waals surface area contributed by atoms with E-state index in [1.807, 2.05) is 56.3 Å². The lowest BCUT2D eigenvalue weighted by molar-refractivity contribution is -0.117. The van der Waals surface area contributed by atoms with Crippen molar-refractivity contribution in [1.29, 1.82) is 0 Å². The van der Waals surface area contributed by atoms with Crippen molar-refractivity contribution in [2.75, 3.05) is 14.2 Å². The summed E-state index contributed by atoms with van der Waals surface area (Å²) in [6.07, 6.45) is 3.33. The Morgan fingerprint density at radius 1 is 1.08 bits per heavy atom. The number of hydrogen-bond acceptors (Lipinski definition) is 3. The van der Waals surface area contributed by atoms with Crippen LogP contribution in [0.5, 0.6) is 11.5 Å². The Bertz CT molecular complexity index is 720. The molecule has 0 radical (unpaired) electrons. The summed E-state index contributed by atoms with van der Waals surface area (Å²) < 4.78 is 10.6. The number of rotatable bonds is 6. The highest BCUT2D eigenvalue weighted by Gasteiger charge is 2.14. The SMILES string of the molecule is COc1ccc(OC)c([C@H](C)NC(=O)/C=C/c2ccc(C)cc2)c1. The van der Waals surface area contributed by atoms with Gasteiger partial charge in [0.2, 0.25) is 5.91 Å². The Balaban J connectivity index is 2.07. The molecule has 0 spiro atoms. The first-order valence-electron chi connectivity index (χ1n) is 7.80. The Morgan fingerprint density at radius 2 is 1.79 bits per heavy atom. The number of carbonyl (C=O) groups excluding carboxylic acids is 1. The van der Waals surface area contributed by atoms with E-state index < -0.39 is 0 Å². The molecule has 1 amide bonds. The lowest BCUT2D eigenvalue weighted by Crippen LogP contribution is -2.25. The third-order valence-electron chi connectivity index (χ3n) is 3.77. The van der Waals surface area contributed by atoms with Gasteiger partial charge in [-0.2, -0.15) is 0 Å². The number of benzene rings is 2. The van der Waals surface area contributed by atoms with Crippen LogP contribution >= 0.6 is 0 Å². The lowest BCUT2D eigenvalue weighted by atomic mass is 10.1. The van der Waals surface area contributed by atoms with Gasteiger partial charge < -0.3 is 14.8 Å². The van der Waals surface area contributed by atoms with E-state index in [-0.39, 0.29) is 11.9 Å². The normalized spacial score (nSPS) is 12.0. The van der Waals surface area contributed by atoms with Crippen LogP contribution in [-0.4, -0.2) is 20.1 Å². The quantitative estimate of drug-likeness (QED) is 0.819. The molecule has 0 aliphatic rings. The standard InChI is InChI=1S/C20H23NO3/c1-14-5-7-16(8-6-14)9-12-20(22)21-15(2)18-13-17(23-3)10-11-19(18)24-4/h5-13,15H,1-4H3,(H,21,22)/b12-9+/t15-/m0/s1. The molecule has 0 saturated carbocycles. The lowest BCUT2D eigenvalue weighted by Gasteiger charge is -2.17. The fourth-order valence-electron chi connectivity index (χ4n) is 2.37. The van der Waals surface area contributed by atoms with Crippen LogP contribution in [0.3, 0.4) is 0 Å². The molecule has 1 atom stereocenters. The Morgan fingerprint density at radius 3 is 2.42 bits per heavy atom. The first-order chi connectivity index (χ1) is 11.5. The van der Waals surface area contributed by atoms with Gasteiger partial charge in [-0.05, 0) is 43.7 Å². The number of nitrogens with one attached hydrogen (secondary N) is 1. The van der Waals surface area contributed by atoms with Crippen LogP contribution in [0.4, 0.5) is 0 Å². The minimum atomic E-state index is -0.204. The van der Waals surface area contributed by atoms with E-state index in [0.717, 1.165) is 16.9 Å². The molecule has 0 unspecified atom stereocenters. The molecular formula is C20H23NO3. The highest BCUT2D eigenvalue weighted by atomic mass is 16.5. The fourth-order valence-corrected chi connectivity index (χ4v) is 2.37. The van der Waals surface area contributed by atoms with E-state index >= 15 is 0 Å². The van der Waals surface area contributed by atoms with E-state index in [1.165, 1.54) is 11.6 Å². The zero-order chi connectivity index (χ0) is 17.5. The third kappa shape index (κ3) is 4.62. The predicted octanol–water partition coefficient (Wildman–Crippen LogP) is 3.90. The van der Waals surface area contributed by atoms with Gasteiger partial charge in [-0.1, -0.05) is 29.8 Å². The van der Waals surface area contributed by atoms with Crippen LogP contribution in [0.25, 0.3) is 6.08 Å². The van der Waals surface area contributed by atoms with Crippen LogP contribution in [0.1, 0.15) is 29.7 Å². The van der Waals surface area contributed by atoms with Crippen molar-refractivity contribution in [2.24, 2.45) is 0 Å². The Labute approximate surface area is 143 Å². The maximum Gasteiger partial charge on any atom is 0.244 e. The van der Waals surface area contributed by atoms with E-state index in [9.17, 15) is 4.79 Å². The molecule has 24 heavy (non-hydrogen) atoms. The molecule has 0 aliphatic heterocycles. The molecule has 4 heteroatoms. The fraction of sp³-hybridized carbons (Fsp3) is 0.250. The van der Waals surface area contributed by atoms with E-state index in [4.69, 9.17) is 9.47 Å². The summed E-state index contributed by atoms with van der Waals surface area (Å²) in [7, 11) is 3.22. The minimum absolute atomic E-state index is 0.159. The first kappa shape index (κ1) is 17.6. The summed E-state index contributed by atoms with van der Waals surface area (Å²) in [5.41, 5.74) is 3.05. The van der Waals surface area contributed by atoms with E-state index in [2.05, 4.69) is 5.32 Å². The molecule has 0 bridgehead atoms. The van der Waals surface area contributed by atoms with Crippen molar-refractivity contribution in [3.05, 3.63) is 65.2 Å². The molecule has 2 aromatic carbocycles. The summed E-state index contributed by atoms with van der Waals surface area (Å²) in [5, 5.41) is 2.94. The van der Waals surface area contributed by atoms with Crippen LogP contribution in [0, 0.1) is 6.92 Å². The van der Waals surface area contributed by atoms with Gasteiger partial charge in [-0.25, -0.2) is 0 Å². The number of carbonyl (C=O) groups is 1. The summed E-state index contributed by atoms with van der Waals surface area (Å²) in [6, 6.07) is 13.3. The summed E-state index contributed by atoms with van der Waals surface area (Å²) in [5.74, 6) is 1.28. The van der Waals surface area contributed by atoms with Crippen LogP contribution in [0.2, 0.25) is 0 Å². The third-order valence-corrected chi connectivity index (χ3v) is 3.77. The molecule has 2 aromatic rings. The average Bonchev–Trinajstić information content (AvgIpc) is 2.60. The number of amides is 1. The zero-order valence-corrected chi connectivity index (χ0v) is 14.5. The molecule has 126 valence electrons. The maximum absolute atomic E-state index is 12.2. The maximum atomic E-state index is 12.2. The molecule has 0 aromatic heterocycles. The van der Waals surface area contributed by atoms with E-state index in [1.54, 1.807) is 20.3 Å². The largest absolute Gasteiger partial charge is 0.497 e. The minimum Gasteiger partial charge on any atom is -0.497 e. The highest BCUT2D eigenvalue weighted by molar-refractivity contribution is 5.92. The van der Waals surface area contributed by atoms with Gasteiger partial charge in [-0.3, -0.25) is 4.79 Å². The monoisotopic (exact) mass is 325 g/mol. The van der Waals surface area contributed by atoms with Gasteiger partial charge in [0.15, 0.2) is 0 Å². The molecule has 4 nitrogen and oxygen atoms in total. The second kappa shape index (κ2) is 8.20. The zero-order valence-electron chi connectivity index (χ0n) is 14.5. The molecule has 0 saturated heterocycles. The van der Waals surface area contributed by atoms with Crippen molar-refractivity contribution < 1.29 is 14.3 Å². The van der Waals surface area contributed by atoms with Gasteiger partial charge in [0.1, 0.15) is 11.5 Å². The van der Waals surface area contributed by atoms with Crippen molar-refractivity contribution in [2.45, 2.75) is 19.9 Å². The molecular weight excluding hydrogens is 302 g/mol. The number of ether oxygens (including phenoxy) is 2. The van der Waals surface area contributed by atoms with Crippen molar-refractivity contribution in [3.63, 3.8) is 0 Å². The first-order valence-corrected chi connectivity index (χ1v) is 7.80. The summed E-state index contributed by atoms with van der Waals surface area (Å²) in [4.78, 5) is 12.2.